The molecule has 1 saturated heterocycles. The Balaban J connectivity index is 2.13. The fraction of sp³-hybridized carbons (Fsp3) is 0.300. The molecule has 1 aromatic heterocycles. The molecule has 0 atom stereocenters. The van der Waals surface area contributed by atoms with Gasteiger partial charge in [0.05, 0.1) is 4.92 Å². The van der Waals surface area contributed by atoms with Crippen LogP contribution in [0.15, 0.2) is 30.5 Å². The van der Waals surface area contributed by atoms with E-state index in [0.717, 1.165) is 11.8 Å². The summed E-state index contributed by atoms with van der Waals surface area (Å²) in [6.45, 7) is 1.92. The predicted octanol–water partition coefficient (Wildman–Crippen LogP) is 1.22. The third-order valence-electron chi connectivity index (χ3n) is 2.46. The van der Waals surface area contributed by atoms with Gasteiger partial charge in [0.1, 0.15) is 0 Å². The molecule has 0 unspecified atom stereocenters. The van der Waals surface area contributed by atoms with Crippen LogP contribution in [0.3, 0.4) is 0 Å². The Bertz CT molecular complexity index is 463. The lowest BCUT2D eigenvalue weighted by atomic mass is 10.2. The van der Waals surface area contributed by atoms with Crippen LogP contribution in [-0.2, 0) is 6.54 Å². The van der Waals surface area contributed by atoms with E-state index in [2.05, 4.69) is 10.3 Å². The molecule has 0 amide bonds. The minimum absolute atomic E-state index is 0.467. The molecular formula is C10H11ClN4O2. The van der Waals surface area contributed by atoms with Gasteiger partial charge in [0, 0.05) is 42.6 Å². The van der Waals surface area contributed by atoms with E-state index in [9.17, 15) is 10.1 Å². The van der Waals surface area contributed by atoms with Gasteiger partial charge in [-0.15, -0.1) is 0 Å². The molecule has 90 valence electrons. The van der Waals surface area contributed by atoms with E-state index in [1.807, 2.05) is 4.90 Å². The maximum atomic E-state index is 10.4. The van der Waals surface area contributed by atoms with Crippen LogP contribution >= 0.6 is 11.6 Å². The number of halogens is 1. The van der Waals surface area contributed by atoms with Gasteiger partial charge in [0.2, 0.25) is 0 Å². The Labute approximate surface area is 103 Å². The zero-order chi connectivity index (χ0) is 12.3. The fourth-order valence-electron chi connectivity index (χ4n) is 1.67. The molecule has 0 aliphatic carbocycles. The topological polar surface area (TPSA) is 71.3 Å². The maximum absolute atomic E-state index is 10.4. The van der Waals surface area contributed by atoms with E-state index in [-0.39, 0.29) is 0 Å². The van der Waals surface area contributed by atoms with E-state index in [1.165, 1.54) is 0 Å². The van der Waals surface area contributed by atoms with E-state index in [1.54, 1.807) is 18.5 Å². The first kappa shape index (κ1) is 11.7. The highest BCUT2D eigenvalue weighted by molar-refractivity contribution is 6.31. The maximum Gasteiger partial charge on any atom is 0.274 e. The van der Waals surface area contributed by atoms with Crippen molar-refractivity contribution in [1.29, 1.82) is 0 Å². The number of hydrogen-bond acceptors (Lipinski definition) is 5. The van der Waals surface area contributed by atoms with Crippen molar-refractivity contribution in [3.8, 4) is 0 Å². The summed E-state index contributed by atoms with van der Waals surface area (Å²) in [5.74, 6) is 0.509. The molecule has 17 heavy (non-hydrogen) atoms. The molecule has 0 radical (unpaired) electrons. The number of aromatic nitrogens is 1. The first-order valence-electron chi connectivity index (χ1n) is 5.09. The monoisotopic (exact) mass is 254 g/mol. The molecule has 0 aromatic carbocycles. The average molecular weight is 255 g/mol. The predicted molar refractivity (Wildman–Crippen MR) is 62.7 cm³/mol. The Morgan fingerprint density at radius 2 is 2.53 bits per heavy atom. The molecule has 6 nitrogen and oxygen atoms in total. The van der Waals surface area contributed by atoms with Crippen molar-refractivity contribution >= 4 is 11.6 Å². The van der Waals surface area contributed by atoms with Crippen LogP contribution in [0.5, 0.6) is 0 Å². The molecule has 1 fully saturated rings. The summed E-state index contributed by atoms with van der Waals surface area (Å²) in [6, 6.07) is 1.71. The summed E-state index contributed by atoms with van der Waals surface area (Å²) >= 11 is 6.02. The van der Waals surface area contributed by atoms with Crippen molar-refractivity contribution in [2.45, 2.75) is 6.54 Å². The van der Waals surface area contributed by atoms with Crippen LogP contribution in [-0.4, -0.2) is 27.9 Å². The largest absolute Gasteiger partial charge is 0.365 e. The van der Waals surface area contributed by atoms with Crippen LogP contribution in [0.1, 0.15) is 5.56 Å². The van der Waals surface area contributed by atoms with E-state index in [0.29, 0.717) is 30.5 Å². The van der Waals surface area contributed by atoms with Gasteiger partial charge in [-0.2, -0.15) is 0 Å². The van der Waals surface area contributed by atoms with Crippen molar-refractivity contribution in [1.82, 2.24) is 15.2 Å². The highest BCUT2D eigenvalue weighted by Gasteiger charge is 2.20. The molecule has 1 aromatic rings. The highest BCUT2D eigenvalue weighted by atomic mass is 35.5. The zero-order valence-electron chi connectivity index (χ0n) is 8.97. The second kappa shape index (κ2) is 5.01. The van der Waals surface area contributed by atoms with Gasteiger partial charge in [-0.3, -0.25) is 15.1 Å². The summed E-state index contributed by atoms with van der Waals surface area (Å²) in [4.78, 5) is 15.8. The van der Waals surface area contributed by atoms with Gasteiger partial charge in [0.15, 0.2) is 5.82 Å². The van der Waals surface area contributed by atoms with Gasteiger partial charge >= 0.3 is 0 Å². The normalized spacial score (nSPS) is 17.2. The van der Waals surface area contributed by atoms with Crippen LogP contribution in [0, 0.1) is 10.1 Å². The quantitative estimate of drug-likeness (QED) is 0.649. The minimum Gasteiger partial charge on any atom is -0.365 e. The third kappa shape index (κ3) is 2.85. The highest BCUT2D eigenvalue weighted by Crippen LogP contribution is 2.19. The minimum atomic E-state index is -0.467. The van der Waals surface area contributed by atoms with Gasteiger partial charge < -0.3 is 10.2 Å². The molecule has 0 bridgehead atoms. The first-order valence-corrected chi connectivity index (χ1v) is 5.47. The smallest absolute Gasteiger partial charge is 0.274 e. The number of rotatable bonds is 3. The van der Waals surface area contributed by atoms with E-state index in [4.69, 9.17) is 11.6 Å². The molecule has 1 N–H and O–H groups in total. The van der Waals surface area contributed by atoms with Gasteiger partial charge in [0.25, 0.3) is 6.20 Å². The Hall–Kier alpha value is -1.82. The molecule has 2 rings (SSSR count). The number of nitrogens with zero attached hydrogens (tertiary/aromatic N) is 3. The fourth-order valence-corrected chi connectivity index (χ4v) is 1.84. The first-order chi connectivity index (χ1) is 8.16. The SMILES string of the molecule is O=[N+]([O-])/C=C1/NCCN1Cc1cnccc1Cl. The number of nitrogens with one attached hydrogen (secondary N) is 1. The summed E-state index contributed by atoms with van der Waals surface area (Å²) in [5, 5.41) is 14.0. The standard InChI is InChI=1S/C10H11ClN4O2/c11-9-1-2-12-5-8(9)6-14-4-3-13-10(14)7-15(16)17/h1-2,5,7,13H,3-4,6H2/b10-7-. The number of pyridine rings is 1. The molecule has 0 spiro atoms. The molecule has 0 saturated carbocycles. The van der Waals surface area contributed by atoms with Crippen molar-refractivity contribution in [3.05, 3.63) is 51.2 Å². The van der Waals surface area contributed by atoms with Crippen LogP contribution in [0.25, 0.3) is 0 Å². The van der Waals surface area contributed by atoms with Gasteiger partial charge in [-0.25, -0.2) is 0 Å². The number of hydrogen-bond donors (Lipinski definition) is 1. The molecule has 1 aliphatic rings. The second-order valence-corrected chi connectivity index (χ2v) is 4.02. The summed E-state index contributed by atoms with van der Waals surface area (Å²) in [7, 11) is 0. The van der Waals surface area contributed by atoms with Crippen LogP contribution in [0.4, 0.5) is 0 Å². The number of nitro groups is 1. The van der Waals surface area contributed by atoms with Crippen molar-refractivity contribution < 1.29 is 4.92 Å². The summed E-state index contributed by atoms with van der Waals surface area (Å²) in [6.07, 6.45) is 4.25. The molecule has 7 heteroatoms. The van der Waals surface area contributed by atoms with Crippen LogP contribution < -0.4 is 5.32 Å². The zero-order valence-corrected chi connectivity index (χ0v) is 9.72. The van der Waals surface area contributed by atoms with Gasteiger partial charge in [-0.1, -0.05) is 11.6 Å². The third-order valence-corrected chi connectivity index (χ3v) is 2.83. The molecule has 2 heterocycles. The lowest BCUT2D eigenvalue weighted by Crippen LogP contribution is -2.20. The average Bonchev–Trinajstić information content (AvgIpc) is 2.68. The lowest BCUT2D eigenvalue weighted by molar-refractivity contribution is -0.404. The second-order valence-electron chi connectivity index (χ2n) is 3.62. The van der Waals surface area contributed by atoms with E-state index < -0.39 is 4.92 Å². The molecule has 1 aliphatic heterocycles. The van der Waals surface area contributed by atoms with Crippen molar-refractivity contribution in [2.75, 3.05) is 13.1 Å². The van der Waals surface area contributed by atoms with Crippen LogP contribution in [0.2, 0.25) is 5.02 Å². The Morgan fingerprint density at radius 1 is 1.71 bits per heavy atom. The van der Waals surface area contributed by atoms with Gasteiger partial charge in [-0.05, 0) is 6.07 Å². The molecular weight excluding hydrogens is 244 g/mol. The summed E-state index contributed by atoms with van der Waals surface area (Å²) < 4.78 is 0. The van der Waals surface area contributed by atoms with E-state index >= 15 is 0 Å². The summed E-state index contributed by atoms with van der Waals surface area (Å²) in [5.41, 5.74) is 0.854. The Morgan fingerprint density at radius 3 is 3.24 bits per heavy atom. The van der Waals surface area contributed by atoms with Crippen molar-refractivity contribution in [3.63, 3.8) is 0 Å². The van der Waals surface area contributed by atoms with Crippen molar-refractivity contribution in [2.24, 2.45) is 0 Å². The Kier molecular flexibility index (Phi) is 3.43. The lowest BCUT2D eigenvalue weighted by Gasteiger charge is -2.17.